The number of rotatable bonds is 2. The van der Waals surface area contributed by atoms with E-state index < -0.39 is 0 Å². The first kappa shape index (κ1) is 10.5. The Kier molecular flexibility index (Phi) is 2.53. The van der Waals surface area contributed by atoms with E-state index in [0.29, 0.717) is 17.2 Å². The molecule has 0 unspecified atom stereocenters. The van der Waals surface area contributed by atoms with Gasteiger partial charge in [-0.1, -0.05) is 0 Å². The highest BCUT2D eigenvalue weighted by Crippen LogP contribution is 2.32. The normalized spacial score (nSPS) is 10.4. The first-order chi connectivity index (χ1) is 8.84. The van der Waals surface area contributed by atoms with Gasteiger partial charge in [0.05, 0.1) is 17.4 Å². The molecule has 88 valence electrons. The summed E-state index contributed by atoms with van der Waals surface area (Å²) in [5.41, 5.74) is 7.52. The van der Waals surface area contributed by atoms with E-state index in [1.54, 1.807) is 18.6 Å². The van der Waals surface area contributed by atoms with Crippen molar-refractivity contribution >= 4 is 16.6 Å². The van der Waals surface area contributed by atoms with Crippen LogP contribution >= 0.6 is 0 Å². The fourth-order valence-corrected chi connectivity index (χ4v) is 1.78. The van der Waals surface area contributed by atoms with Crippen molar-refractivity contribution in [1.82, 2.24) is 9.97 Å². The molecule has 4 nitrogen and oxygen atoms in total. The van der Waals surface area contributed by atoms with E-state index in [-0.39, 0.29) is 0 Å². The van der Waals surface area contributed by atoms with Gasteiger partial charge < -0.3 is 10.5 Å². The van der Waals surface area contributed by atoms with E-state index in [4.69, 9.17) is 10.5 Å². The van der Waals surface area contributed by atoms with Crippen molar-refractivity contribution in [2.45, 2.75) is 0 Å². The summed E-state index contributed by atoms with van der Waals surface area (Å²) < 4.78 is 5.70. The number of nitrogens with zero attached hydrogens (tertiary/aromatic N) is 2. The summed E-state index contributed by atoms with van der Waals surface area (Å²) in [6.45, 7) is 0. The lowest BCUT2D eigenvalue weighted by molar-refractivity contribution is 0.483. The SMILES string of the molecule is Nc1c(Oc2cccnc2)ccc2ncccc12. The second kappa shape index (κ2) is 4.33. The van der Waals surface area contributed by atoms with Crippen molar-refractivity contribution < 1.29 is 4.74 Å². The molecule has 0 saturated carbocycles. The zero-order valence-corrected chi connectivity index (χ0v) is 9.58. The molecule has 2 aromatic heterocycles. The number of ether oxygens (including phenoxy) is 1. The molecule has 0 aliphatic rings. The molecule has 0 bridgehead atoms. The molecule has 1 aromatic carbocycles. The van der Waals surface area contributed by atoms with Crippen molar-refractivity contribution in [2.24, 2.45) is 0 Å². The summed E-state index contributed by atoms with van der Waals surface area (Å²) in [5, 5.41) is 0.888. The van der Waals surface area contributed by atoms with Crippen molar-refractivity contribution in [3.63, 3.8) is 0 Å². The third-order valence-corrected chi connectivity index (χ3v) is 2.65. The molecule has 2 heterocycles. The Morgan fingerprint density at radius 1 is 1.00 bits per heavy atom. The fourth-order valence-electron chi connectivity index (χ4n) is 1.78. The number of pyridine rings is 2. The Morgan fingerprint density at radius 2 is 1.89 bits per heavy atom. The lowest BCUT2D eigenvalue weighted by Gasteiger charge is -2.09. The van der Waals surface area contributed by atoms with Crippen molar-refractivity contribution in [2.75, 3.05) is 5.73 Å². The van der Waals surface area contributed by atoms with E-state index in [1.807, 2.05) is 36.4 Å². The second-order valence-corrected chi connectivity index (χ2v) is 3.84. The minimum absolute atomic E-state index is 0.587. The maximum Gasteiger partial charge on any atom is 0.151 e. The Balaban J connectivity index is 2.05. The van der Waals surface area contributed by atoms with Crippen LogP contribution in [0.15, 0.2) is 55.0 Å². The van der Waals surface area contributed by atoms with Gasteiger partial charge in [-0.25, -0.2) is 0 Å². The Morgan fingerprint density at radius 3 is 2.72 bits per heavy atom. The topological polar surface area (TPSA) is 61.0 Å². The van der Waals surface area contributed by atoms with Crippen LogP contribution in [-0.4, -0.2) is 9.97 Å². The number of hydrogen-bond acceptors (Lipinski definition) is 4. The number of aromatic nitrogens is 2. The van der Waals surface area contributed by atoms with E-state index in [9.17, 15) is 0 Å². The van der Waals surface area contributed by atoms with Crippen LogP contribution in [-0.2, 0) is 0 Å². The standard InChI is InChI=1S/C14H11N3O/c15-14-11-4-2-8-17-12(11)5-6-13(14)18-10-3-1-7-16-9-10/h1-9H,15H2. The predicted molar refractivity (Wildman–Crippen MR) is 70.5 cm³/mol. The van der Waals surface area contributed by atoms with E-state index in [1.165, 1.54) is 0 Å². The average molecular weight is 237 g/mol. The first-order valence-electron chi connectivity index (χ1n) is 5.56. The number of nitrogens with two attached hydrogens (primary N) is 1. The van der Waals surface area contributed by atoms with E-state index >= 15 is 0 Å². The van der Waals surface area contributed by atoms with Gasteiger partial charge >= 0.3 is 0 Å². The lowest BCUT2D eigenvalue weighted by Crippen LogP contribution is -1.94. The van der Waals surface area contributed by atoms with Gasteiger partial charge in [0, 0.05) is 17.8 Å². The molecular weight excluding hydrogens is 226 g/mol. The molecule has 0 atom stereocenters. The lowest BCUT2D eigenvalue weighted by atomic mass is 10.1. The van der Waals surface area contributed by atoms with Gasteiger partial charge in [-0.05, 0) is 36.4 Å². The minimum Gasteiger partial charge on any atom is -0.454 e. The van der Waals surface area contributed by atoms with Gasteiger partial charge in [-0.15, -0.1) is 0 Å². The summed E-state index contributed by atoms with van der Waals surface area (Å²) in [6.07, 6.45) is 5.08. The molecule has 0 aliphatic heterocycles. The molecule has 0 fully saturated rings. The monoisotopic (exact) mass is 237 g/mol. The summed E-state index contributed by atoms with van der Waals surface area (Å²) in [7, 11) is 0. The van der Waals surface area contributed by atoms with Crippen LogP contribution in [0.25, 0.3) is 10.9 Å². The molecule has 2 N–H and O–H groups in total. The third kappa shape index (κ3) is 1.84. The van der Waals surface area contributed by atoms with E-state index in [0.717, 1.165) is 10.9 Å². The molecule has 0 radical (unpaired) electrons. The molecule has 0 aliphatic carbocycles. The highest BCUT2D eigenvalue weighted by atomic mass is 16.5. The molecular formula is C14H11N3O. The second-order valence-electron chi connectivity index (χ2n) is 3.84. The fraction of sp³-hybridized carbons (Fsp3) is 0. The van der Waals surface area contributed by atoms with Crippen LogP contribution in [0.3, 0.4) is 0 Å². The zero-order chi connectivity index (χ0) is 12.4. The predicted octanol–water partition coefficient (Wildman–Crippen LogP) is 3.00. The van der Waals surface area contributed by atoms with Gasteiger partial charge in [0.25, 0.3) is 0 Å². The average Bonchev–Trinajstić information content (AvgIpc) is 2.43. The number of benzene rings is 1. The summed E-state index contributed by atoms with van der Waals surface area (Å²) >= 11 is 0. The molecule has 4 heteroatoms. The van der Waals surface area contributed by atoms with Gasteiger partial charge in [-0.2, -0.15) is 0 Å². The van der Waals surface area contributed by atoms with E-state index in [2.05, 4.69) is 9.97 Å². The maximum atomic E-state index is 6.08. The zero-order valence-electron chi connectivity index (χ0n) is 9.58. The number of nitrogen functional groups attached to an aromatic ring is 1. The minimum atomic E-state index is 0.587. The molecule has 0 amide bonds. The van der Waals surface area contributed by atoms with Gasteiger partial charge in [0.15, 0.2) is 5.75 Å². The molecule has 3 aromatic rings. The summed E-state index contributed by atoms with van der Waals surface area (Å²) in [4.78, 5) is 8.24. The third-order valence-electron chi connectivity index (χ3n) is 2.65. The van der Waals surface area contributed by atoms with Crippen LogP contribution < -0.4 is 10.5 Å². The number of anilines is 1. The molecule has 0 spiro atoms. The van der Waals surface area contributed by atoms with Gasteiger partial charge in [0.1, 0.15) is 5.75 Å². The first-order valence-corrected chi connectivity index (χ1v) is 5.56. The number of hydrogen-bond donors (Lipinski definition) is 1. The largest absolute Gasteiger partial charge is 0.454 e. The van der Waals surface area contributed by atoms with Crippen LogP contribution in [0.2, 0.25) is 0 Å². The Labute approximate surface area is 104 Å². The van der Waals surface area contributed by atoms with Gasteiger partial charge in [0.2, 0.25) is 0 Å². The molecule has 3 rings (SSSR count). The Hall–Kier alpha value is -2.62. The van der Waals surface area contributed by atoms with Crippen molar-refractivity contribution in [3.05, 3.63) is 55.0 Å². The van der Waals surface area contributed by atoms with Crippen LogP contribution in [0, 0.1) is 0 Å². The van der Waals surface area contributed by atoms with Crippen molar-refractivity contribution in [1.29, 1.82) is 0 Å². The quantitative estimate of drug-likeness (QED) is 0.696. The van der Waals surface area contributed by atoms with Crippen LogP contribution in [0.5, 0.6) is 11.5 Å². The molecule has 0 saturated heterocycles. The number of fused-ring (bicyclic) bond motifs is 1. The highest BCUT2D eigenvalue weighted by molar-refractivity contribution is 5.93. The van der Waals surface area contributed by atoms with Crippen LogP contribution in [0.4, 0.5) is 5.69 Å². The van der Waals surface area contributed by atoms with Gasteiger partial charge in [-0.3, -0.25) is 9.97 Å². The van der Waals surface area contributed by atoms with Crippen LogP contribution in [0.1, 0.15) is 0 Å². The molecule has 18 heavy (non-hydrogen) atoms. The summed E-state index contributed by atoms with van der Waals surface area (Å²) in [6, 6.07) is 11.1. The Bertz CT molecular complexity index is 683. The van der Waals surface area contributed by atoms with Crippen molar-refractivity contribution in [3.8, 4) is 11.5 Å². The summed E-state index contributed by atoms with van der Waals surface area (Å²) in [5.74, 6) is 1.27. The maximum absolute atomic E-state index is 6.08. The smallest absolute Gasteiger partial charge is 0.151 e. The highest BCUT2D eigenvalue weighted by Gasteiger charge is 2.06.